The molecule has 2 amide bonds. The molecule has 1 aromatic carbocycles. The number of hydrogen-bond donors (Lipinski definition) is 1. The lowest BCUT2D eigenvalue weighted by Gasteiger charge is -2.16. The molecule has 1 aliphatic rings. The van der Waals surface area contributed by atoms with Gasteiger partial charge in [-0.2, -0.15) is 5.10 Å². The van der Waals surface area contributed by atoms with Gasteiger partial charge in [0.15, 0.2) is 5.65 Å². The van der Waals surface area contributed by atoms with E-state index >= 15 is 0 Å². The van der Waals surface area contributed by atoms with Crippen molar-refractivity contribution in [3.63, 3.8) is 0 Å². The third-order valence-electron chi connectivity index (χ3n) is 6.39. The van der Waals surface area contributed by atoms with Crippen LogP contribution in [0.3, 0.4) is 0 Å². The number of nitrogens with one attached hydrogen (secondary N) is 1. The number of carbonyl (C=O) groups excluding carboxylic acids is 2. The van der Waals surface area contributed by atoms with Crippen molar-refractivity contribution in [1.82, 2.24) is 24.8 Å². The Bertz CT molecular complexity index is 1150. The topological polar surface area (TPSA) is 79.6 Å². The van der Waals surface area contributed by atoms with Gasteiger partial charge >= 0.3 is 0 Å². The Kier molecular flexibility index (Phi) is 6.77. The SMILES string of the molecule is Cc1nc2cc([C@@H]3CCN(C(=O)Cc4ccccc4)C3)nn2c(C)c1CCC(=O)NC(C)C. The summed E-state index contributed by atoms with van der Waals surface area (Å²) in [6.07, 6.45) is 2.42. The second kappa shape index (κ2) is 9.73. The van der Waals surface area contributed by atoms with Crippen LogP contribution in [0, 0.1) is 13.8 Å². The molecule has 0 aliphatic carbocycles. The van der Waals surface area contributed by atoms with Crippen LogP contribution in [0.4, 0.5) is 0 Å². The minimum Gasteiger partial charge on any atom is -0.354 e. The maximum absolute atomic E-state index is 12.8. The van der Waals surface area contributed by atoms with Gasteiger partial charge in [0, 0.05) is 48.9 Å². The molecule has 3 aromatic rings. The van der Waals surface area contributed by atoms with Crippen LogP contribution in [0.1, 0.15) is 60.8 Å². The molecule has 0 bridgehead atoms. The van der Waals surface area contributed by atoms with Crippen LogP contribution in [0.2, 0.25) is 0 Å². The fourth-order valence-corrected chi connectivity index (χ4v) is 4.65. The van der Waals surface area contributed by atoms with Gasteiger partial charge in [0.2, 0.25) is 11.8 Å². The monoisotopic (exact) mass is 447 g/mol. The fourth-order valence-electron chi connectivity index (χ4n) is 4.65. The smallest absolute Gasteiger partial charge is 0.227 e. The quantitative estimate of drug-likeness (QED) is 0.602. The van der Waals surface area contributed by atoms with Crippen molar-refractivity contribution in [2.75, 3.05) is 13.1 Å². The van der Waals surface area contributed by atoms with Gasteiger partial charge in [0.05, 0.1) is 12.1 Å². The van der Waals surface area contributed by atoms with Crippen LogP contribution in [0.5, 0.6) is 0 Å². The Morgan fingerprint density at radius 3 is 2.67 bits per heavy atom. The van der Waals surface area contributed by atoms with Crippen molar-refractivity contribution in [3.8, 4) is 0 Å². The molecule has 7 heteroatoms. The Hall–Kier alpha value is -3.22. The third kappa shape index (κ3) is 5.24. The number of fused-ring (bicyclic) bond motifs is 1. The van der Waals surface area contributed by atoms with E-state index in [0.29, 0.717) is 25.8 Å². The standard InChI is InChI=1S/C26H33N5O2/c1-17(2)27-25(32)11-10-22-18(3)28-24-15-23(29-31(24)19(22)4)21-12-13-30(16-21)26(33)14-20-8-6-5-7-9-20/h5-9,15,17,21H,10-14,16H2,1-4H3,(H,27,32)/t21-/m1/s1. The second-order valence-electron chi connectivity index (χ2n) is 9.31. The lowest BCUT2D eigenvalue weighted by atomic mass is 10.1. The summed E-state index contributed by atoms with van der Waals surface area (Å²) in [6.45, 7) is 9.41. The first-order valence-electron chi connectivity index (χ1n) is 11.8. The zero-order valence-electron chi connectivity index (χ0n) is 20.0. The van der Waals surface area contributed by atoms with E-state index in [1.54, 1.807) is 0 Å². The van der Waals surface area contributed by atoms with Gasteiger partial charge in [-0.3, -0.25) is 9.59 Å². The van der Waals surface area contributed by atoms with Gasteiger partial charge in [0.25, 0.3) is 0 Å². The first-order chi connectivity index (χ1) is 15.8. The van der Waals surface area contributed by atoms with Gasteiger partial charge < -0.3 is 10.2 Å². The highest BCUT2D eigenvalue weighted by Gasteiger charge is 2.29. The van der Waals surface area contributed by atoms with E-state index < -0.39 is 0 Å². The van der Waals surface area contributed by atoms with Crippen molar-refractivity contribution < 1.29 is 9.59 Å². The van der Waals surface area contributed by atoms with E-state index in [0.717, 1.165) is 46.8 Å². The lowest BCUT2D eigenvalue weighted by Crippen LogP contribution is -2.30. The number of nitrogens with zero attached hydrogens (tertiary/aromatic N) is 4. The van der Waals surface area contributed by atoms with Crippen LogP contribution in [-0.2, 0) is 22.4 Å². The van der Waals surface area contributed by atoms with E-state index in [9.17, 15) is 9.59 Å². The van der Waals surface area contributed by atoms with Gasteiger partial charge in [-0.15, -0.1) is 0 Å². The van der Waals surface area contributed by atoms with Crippen molar-refractivity contribution in [1.29, 1.82) is 0 Å². The van der Waals surface area contributed by atoms with Crippen molar-refractivity contribution >= 4 is 17.5 Å². The summed E-state index contributed by atoms with van der Waals surface area (Å²) < 4.78 is 1.90. The molecule has 7 nitrogen and oxygen atoms in total. The van der Waals surface area contributed by atoms with Crippen LogP contribution in [-0.4, -0.2) is 50.4 Å². The van der Waals surface area contributed by atoms with Crippen LogP contribution in [0.25, 0.3) is 5.65 Å². The van der Waals surface area contributed by atoms with E-state index in [4.69, 9.17) is 10.1 Å². The van der Waals surface area contributed by atoms with Gasteiger partial charge in [-0.1, -0.05) is 30.3 Å². The molecule has 174 valence electrons. The number of benzene rings is 1. The molecule has 1 saturated heterocycles. The molecule has 1 N–H and O–H groups in total. The molecule has 1 fully saturated rings. The van der Waals surface area contributed by atoms with Crippen molar-refractivity contribution in [3.05, 3.63) is 64.6 Å². The second-order valence-corrected chi connectivity index (χ2v) is 9.31. The van der Waals surface area contributed by atoms with Crippen molar-refractivity contribution in [2.24, 2.45) is 0 Å². The number of carbonyl (C=O) groups is 2. The number of likely N-dealkylation sites (tertiary alicyclic amines) is 1. The van der Waals surface area contributed by atoms with Gasteiger partial charge in [0.1, 0.15) is 0 Å². The minimum atomic E-state index is 0.0521. The predicted molar refractivity (Wildman–Crippen MR) is 128 cm³/mol. The molecule has 33 heavy (non-hydrogen) atoms. The number of hydrogen-bond acceptors (Lipinski definition) is 4. The number of aromatic nitrogens is 3. The molecule has 2 aromatic heterocycles. The molecule has 4 rings (SSSR count). The highest BCUT2D eigenvalue weighted by atomic mass is 16.2. The Morgan fingerprint density at radius 1 is 1.18 bits per heavy atom. The summed E-state index contributed by atoms with van der Waals surface area (Å²) in [4.78, 5) is 31.6. The third-order valence-corrected chi connectivity index (χ3v) is 6.39. The van der Waals surface area contributed by atoms with Crippen LogP contribution >= 0.6 is 0 Å². The zero-order valence-corrected chi connectivity index (χ0v) is 20.0. The first-order valence-corrected chi connectivity index (χ1v) is 11.8. The van der Waals surface area contributed by atoms with E-state index in [-0.39, 0.29) is 23.8 Å². The maximum Gasteiger partial charge on any atom is 0.227 e. The number of rotatable bonds is 7. The summed E-state index contributed by atoms with van der Waals surface area (Å²) in [5.74, 6) is 0.433. The Balaban J connectivity index is 1.46. The summed E-state index contributed by atoms with van der Waals surface area (Å²) in [6, 6.07) is 12.1. The van der Waals surface area contributed by atoms with Crippen LogP contribution < -0.4 is 5.32 Å². The zero-order chi connectivity index (χ0) is 23.5. The largest absolute Gasteiger partial charge is 0.354 e. The summed E-state index contributed by atoms with van der Waals surface area (Å²) in [5, 5.41) is 7.81. The molecule has 0 spiro atoms. The molecule has 1 aliphatic heterocycles. The number of amides is 2. The molecule has 0 saturated carbocycles. The Morgan fingerprint density at radius 2 is 1.94 bits per heavy atom. The average molecular weight is 448 g/mol. The molecule has 0 unspecified atom stereocenters. The average Bonchev–Trinajstić information content (AvgIpc) is 3.41. The highest BCUT2D eigenvalue weighted by Crippen LogP contribution is 2.28. The van der Waals surface area contributed by atoms with Gasteiger partial charge in [-0.05, 0) is 51.7 Å². The van der Waals surface area contributed by atoms with Gasteiger partial charge in [-0.25, -0.2) is 9.50 Å². The van der Waals surface area contributed by atoms with E-state index in [1.165, 1.54) is 0 Å². The van der Waals surface area contributed by atoms with E-state index in [2.05, 4.69) is 5.32 Å². The predicted octanol–water partition coefficient (Wildman–Crippen LogP) is 3.36. The summed E-state index contributed by atoms with van der Waals surface area (Å²) in [7, 11) is 0. The molecule has 1 atom stereocenters. The molecular weight excluding hydrogens is 414 g/mol. The summed E-state index contributed by atoms with van der Waals surface area (Å²) >= 11 is 0. The fraction of sp³-hybridized carbons (Fsp3) is 0.462. The maximum atomic E-state index is 12.8. The molecular formula is C26H33N5O2. The van der Waals surface area contributed by atoms with Crippen molar-refractivity contribution in [2.45, 2.75) is 65.3 Å². The molecule has 3 heterocycles. The Labute approximate surface area is 195 Å². The first kappa shape index (κ1) is 23.0. The highest BCUT2D eigenvalue weighted by molar-refractivity contribution is 5.79. The minimum absolute atomic E-state index is 0.0521. The molecule has 0 radical (unpaired) electrons. The van der Waals surface area contributed by atoms with E-state index in [1.807, 2.05) is 73.5 Å². The number of aryl methyl sites for hydroxylation is 2. The normalized spacial score (nSPS) is 16.0. The summed E-state index contributed by atoms with van der Waals surface area (Å²) in [5.41, 5.74) is 5.89. The van der Waals surface area contributed by atoms with Crippen LogP contribution in [0.15, 0.2) is 36.4 Å². The lowest BCUT2D eigenvalue weighted by molar-refractivity contribution is -0.129.